The van der Waals surface area contributed by atoms with Crippen LogP contribution in [0.4, 0.5) is 5.69 Å². The topological polar surface area (TPSA) is 29.1 Å². The van der Waals surface area contributed by atoms with Crippen LogP contribution in [0, 0.1) is 12.8 Å². The molecule has 0 fully saturated rings. The molecule has 0 saturated heterocycles. The molecular weight excluding hydrogens is 266 g/mol. The van der Waals surface area contributed by atoms with Gasteiger partial charge in [-0.15, -0.1) is 0 Å². The molecule has 0 spiro atoms. The predicted octanol–water partition coefficient (Wildman–Crippen LogP) is 3.66. The lowest BCUT2D eigenvalue weighted by Gasteiger charge is -2.11. The maximum absolute atomic E-state index is 11.8. The first-order valence-corrected chi connectivity index (χ1v) is 6.18. The van der Waals surface area contributed by atoms with Gasteiger partial charge in [-0.1, -0.05) is 28.1 Å². The highest BCUT2D eigenvalue weighted by atomic mass is 79.9. The van der Waals surface area contributed by atoms with Gasteiger partial charge >= 0.3 is 0 Å². The standard InChI is InChI=1S/C13H14BrNO/c1-9-8-11(6-7-12(9)14)15-13(16)10-4-2-3-5-10/h2-3,6-8,10H,4-5H2,1H3,(H,15,16). The summed E-state index contributed by atoms with van der Waals surface area (Å²) in [5.41, 5.74) is 2.00. The van der Waals surface area contributed by atoms with Crippen LogP contribution in [-0.2, 0) is 4.79 Å². The Morgan fingerprint density at radius 1 is 1.38 bits per heavy atom. The summed E-state index contributed by atoms with van der Waals surface area (Å²) in [5, 5.41) is 2.95. The van der Waals surface area contributed by atoms with Crippen molar-refractivity contribution in [2.24, 2.45) is 5.92 Å². The van der Waals surface area contributed by atoms with Gasteiger partial charge in [0.05, 0.1) is 0 Å². The van der Waals surface area contributed by atoms with Crippen molar-refractivity contribution < 1.29 is 4.79 Å². The Hall–Kier alpha value is -1.09. The molecule has 0 radical (unpaired) electrons. The van der Waals surface area contributed by atoms with Crippen molar-refractivity contribution >= 4 is 27.5 Å². The molecule has 2 nitrogen and oxygen atoms in total. The van der Waals surface area contributed by atoms with Gasteiger partial charge in [0, 0.05) is 16.1 Å². The van der Waals surface area contributed by atoms with Gasteiger partial charge in [0.15, 0.2) is 0 Å². The molecule has 0 saturated carbocycles. The maximum Gasteiger partial charge on any atom is 0.228 e. The lowest BCUT2D eigenvalue weighted by Crippen LogP contribution is -2.20. The van der Waals surface area contributed by atoms with Crippen LogP contribution in [0.1, 0.15) is 18.4 Å². The minimum atomic E-state index is 0.115. The number of hydrogen-bond acceptors (Lipinski definition) is 1. The van der Waals surface area contributed by atoms with Gasteiger partial charge in [-0.05, 0) is 43.5 Å². The van der Waals surface area contributed by atoms with Gasteiger partial charge in [0.25, 0.3) is 0 Å². The van der Waals surface area contributed by atoms with Crippen LogP contribution in [0.3, 0.4) is 0 Å². The van der Waals surface area contributed by atoms with E-state index < -0.39 is 0 Å². The van der Waals surface area contributed by atoms with Crippen molar-refractivity contribution in [3.63, 3.8) is 0 Å². The zero-order valence-electron chi connectivity index (χ0n) is 9.16. The summed E-state index contributed by atoms with van der Waals surface area (Å²) in [6.45, 7) is 2.01. The summed E-state index contributed by atoms with van der Waals surface area (Å²) >= 11 is 3.44. The Kier molecular flexibility index (Phi) is 3.44. The van der Waals surface area contributed by atoms with E-state index in [0.717, 1.165) is 28.6 Å². The van der Waals surface area contributed by atoms with Crippen LogP contribution in [0.15, 0.2) is 34.8 Å². The van der Waals surface area contributed by atoms with Crippen LogP contribution < -0.4 is 5.32 Å². The number of halogens is 1. The van der Waals surface area contributed by atoms with Gasteiger partial charge in [-0.2, -0.15) is 0 Å². The van der Waals surface area contributed by atoms with Gasteiger partial charge in [0.2, 0.25) is 5.91 Å². The van der Waals surface area contributed by atoms with Crippen molar-refractivity contribution in [3.8, 4) is 0 Å². The Morgan fingerprint density at radius 2 is 2.06 bits per heavy atom. The third-order valence-electron chi connectivity index (χ3n) is 2.80. The molecular formula is C13H14BrNO. The van der Waals surface area contributed by atoms with Gasteiger partial charge in [-0.3, -0.25) is 4.79 Å². The van der Waals surface area contributed by atoms with Crippen molar-refractivity contribution in [1.29, 1.82) is 0 Å². The lowest BCUT2D eigenvalue weighted by atomic mass is 10.1. The van der Waals surface area contributed by atoms with Crippen LogP contribution >= 0.6 is 15.9 Å². The lowest BCUT2D eigenvalue weighted by molar-refractivity contribution is -0.119. The fourth-order valence-electron chi connectivity index (χ4n) is 1.80. The zero-order valence-corrected chi connectivity index (χ0v) is 10.8. The smallest absolute Gasteiger partial charge is 0.228 e. The molecule has 16 heavy (non-hydrogen) atoms. The molecule has 0 aromatic heterocycles. The third kappa shape index (κ3) is 2.53. The molecule has 0 atom stereocenters. The van der Waals surface area contributed by atoms with Crippen LogP contribution in [0.2, 0.25) is 0 Å². The molecule has 2 rings (SSSR count). The summed E-state index contributed by atoms with van der Waals surface area (Å²) in [7, 11) is 0. The molecule has 1 amide bonds. The first-order chi connectivity index (χ1) is 7.66. The van der Waals surface area contributed by atoms with Gasteiger partial charge < -0.3 is 5.32 Å². The van der Waals surface area contributed by atoms with Crippen LogP contribution in [0.25, 0.3) is 0 Å². The molecule has 0 heterocycles. The summed E-state index contributed by atoms with van der Waals surface area (Å²) in [6, 6.07) is 5.85. The first kappa shape index (κ1) is 11.4. The molecule has 1 aliphatic rings. The molecule has 0 aliphatic heterocycles. The summed E-state index contributed by atoms with van der Waals surface area (Å²) < 4.78 is 1.06. The number of anilines is 1. The van der Waals surface area contributed by atoms with E-state index in [9.17, 15) is 4.79 Å². The molecule has 1 aliphatic carbocycles. The number of carbonyl (C=O) groups excluding carboxylic acids is 1. The minimum Gasteiger partial charge on any atom is -0.326 e. The number of hydrogen-bond donors (Lipinski definition) is 1. The highest BCUT2D eigenvalue weighted by Gasteiger charge is 2.19. The Labute approximate surface area is 104 Å². The average Bonchev–Trinajstić information content (AvgIpc) is 2.77. The normalized spacial score (nSPS) is 15.4. The van der Waals surface area contributed by atoms with E-state index in [0.29, 0.717) is 0 Å². The van der Waals surface area contributed by atoms with E-state index in [2.05, 4.69) is 33.4 Å². The Morgan fingerprint density at radius 3 is 2.69 bits per heavy atom. The van der Waals surface area contributed by atoms with Gasteiger partial charge in [0.1, 0.15) is 0 Å². The number of allylic oxidation sites excluding steroid dienone is 2. The quantitative estimate of drug-likeness (QED) is 0.823. The largest absolute Gasteiger partial charge is 0.326 e. The summed E-state index contributed by atoms with van der Waals surface area (Å²) in [5.74, 6) is 0.232. The van der Waals surface area contributed by atoms with E-state index in [4.69, 9.17) is 0 Å². The highest BCUT2D eigenvalue weighted by Crippen LogP contribution is 2.23. The van der Waals surface area contributed by atoms with Gasteiger partial charge in [-0.25, -0.2) is 0 Å². The van der Waals surface area contributed by atoms with Crippen molar-refractivity contribution in [2.75, 3.05) is 5.32 Å². The fraction of sp³-hybridized carbons (Fsp3) is 0.308. The summed E-state index contributed by atoms with van der Waals surface area (Å²) in [6.07, 6.45) is 5.86. The van der Waals surface area contributed by atoms with Crippen LogP contribution in [-0.4, -0.2) is 5.91 Å². The predicted molar refractivity (Wildman–Crippen MR) is 69.4 cm³/mol. The van der Waals surface area contributed by atoms with Crippen LogP contribution in [0.5, 0.6) is 0 Å². The summed E-state index contributed by atoms with van der Waals surface area (Å²) in [4.78, 5) is 11.8. The van der Waals surface area contributed by atoms with Crippen molar-refractivity contribution in [1.82, 2.24) is 0 Å². The number of nitrogens with one attached hydrogen (secondary N) is 1. The molecule has 3 heteroatoms. The minimum absolute atomic E-state index is 0.115. The Bertz CT molecular complexity index is 432. The maximum atomic E-state index is 11.8. The second kappa shape index (κ2) is 4.83. The van der Waals surface area contributed by atoms with E-state index in [1.165, 1.54) is 0 Å². The zero-order chi connectivity index (χ0) is 11.5. The van der Waals surface area contributed by atoms with E-state index >= 15 is 0 Å². The molecule has 0 unspecified atom stereocenters. The molecule has 0 bridgehead atoms. The highest BCUT2D eigenvalue weighted by molar-refractivity contribution is 9.10. The molecule has 1 aromatic carbocycles. The van der Waals surface area contributed by atoms with Crippen molar-refractivity contribution in [3.05, 3.63) is 40.4 Å². The molecule has 1 aromatic rings. The average molecular weight is 280 g/mol. The Balaban J connectivity index is 2.03. The number of aryl methyl sites for hydroxylation is 1. The second-order valence-corrected chi connectivity index (χ2v) is 4.95. The SMILES string of the molecule is Cc1cc(NC(=O)C2CC=CC2)ccc1Br. The third-order valence-corrected chi connectivity index (χ3v) is 3.69. The van der Waals surface area contributed by atoms with E-state index in [-0.39, 0.29) is 11.8 Å². The van der Waals surface area contributed by atoms with E-state index in [1.54, 1.807) is 0 Å². The van der Waals surface area contributed by atoms with E-state index in [1.807, 2.05) is 25.1 Å². The number of rotatable bonds is 2. The molecule has 1 N–H and O–H groups in total. The fourth-order valence-corrected chi connectivity index (χ4v) is 2.04. The number of amides is 1. The monoisotopic (exact) mass is 279 g/mol. The molecule has 84 valence electrons. The van der Waals surface area contributed by atoms with Crippen molar-refractivity contribution in [2.45, 2.75) is 19.8 Å². The number of carbonyl (C=O) groups is 1. The number of benzene rings is 1. The second-order valence-electron chi connectivity index (χ2n) is 4.09. The first-order valence-electron chi connectivity index (χ1n) is 5.39.